The van der Waals surface area contributed by atoms with Gasteiger partial charge in [-0.05, 0) is 84.5 Å². The van der Waals surface area contributed by atoms with Crippen molar-refractivity contribution in [2.75, 3.05) is 7.11 Å². The molecule has 0 rings (SSSR count). The van der Waals surface area contributed by atoms with E-state index in [1.54, 1.807) is 0 Å². The molecule has 0 saturated heterocycles. The Morgan fingerprint density at radius 2 is 0.759 bits per heavy atom. The first-order valence-corrected chi connectivity index (χ1v) is 26.8. The number of unbranched alkanes of at least 4 members (excludes halogenated alkanes) is 5. The third-order valence-electron chi connectivity index (χ3n) is 4.45. The van der Waals surface area contributed by atoms with Gasteiger partial charge in [-0.25, -0.2) is 0 Å². The summed E-state index contributed by atoms with van der Waals surface area (Å²) in [5.41, 5.74) is 0. The third kappa shape index (κ3) is 17.2. The van der Waals surface area contributed by atoms with Crippen LogP contribution >= 0.6 is 0 Å². The molecule has 0 fully saturated rings. The first-order chi connectivity index (χ1) is 12.9. The lowest BCUT2D eigenvalue weighted by Gasteiger charge is -2.43. The van der Waals surface area contributed by atoms with Gasteiger partial charge in [0.1, 0.15) is 0 Å². The Morgan fingerprint density at radius 1 is 0.448 bits per heavy atom. The Balaban J connectivity index is 4.75. The molecule has 176 valence electrons. The van der Waals surface area contributed by atoms with Gasteiger partial charge in [-0.3, -0.25) is 0 Å². The summed E-state index contributed by atoms with van der Waals surface area (Å²) in [4.78, 5) is 0. The quantitative estimate of drug-likeness (QED) is 0.162. The fourth-order valence-electron chi connectivity index (χ4n) is 3.32. The van der Waals surface area contributed by atoms with Gasteiger partial charge >= 0.3 is 8.80 Å². The van der Waals surface area contributed by atoms with Gasteiger partial charge in [0.25, 0.3) is 0 Å². The normalized spacial score (nSPS) is 14.5. The van der Waals surface area contributed by atoms with Crippen LogP contribution in [0.2, 0.25) is 84.1 Å². The largest absolute Gasteiger partial charge is 0.469 e. The fraction of sp³-hybridized carbons (Fsp3) is 1.00. The van der Waals surface area contributed by atoms with Crippen molar-refractivity contribution in [2.24, 2.45) is 0 Å². The molecule has 0 aliphatic heterocycles. The molecule has 0 unspecified atom stereocenters. The zero-order valence-electron chi connectivity index (χ0n) is 21.8. The smallest absolute Gasteiger partial charge is 0.420 e. The minimum Gasteiger partial charge on any atom is -0.420 e. The van der Waals surface area contributed by atoms with E-state index in [2.05, 4.69) is 72.0 Å². The molecular formula is C20H52O4Si5. The van der Waals surface area contributed by atoms with Gasteiger partial charge in [0, 0.05) is 13.2 Å². The lowest BCUT2D eigenvalue weighted by atomic mass is 10.1. The maximum atomic E-state index is 6.77. The van der Waals surface area contributed by atoms with Crippen molar-refractivity contribution in [3.8, 4) is 0 Å². The predicted molar refractivity (Wildman–Crippen MR) is 141 cm³/mol. The SMILES string of the molecule is CO[Si](C)(C)CCCCCCCC[Si](O[Si](C)(C)C)(O[Si](C)(C)C)O[Si](C)(C)C. The molecule has 0 amide bonds. The van der Waals surface area contributed by atoms with Crippen LogP contribution in [0, 0.1) is 0 Å². The van der Waals surface area contributed by atoms with Crippen molar-refractivity contribution in [1.29, 1.82) is 0 Å². The van der Waals surface area contributed by atoms with E-state index in [4.69, 9.17) is 16.8 Å². The first kappa shape index (κ1) is 29.9. The number of hydrogen-bond acceptors (Lipinski definition) is 4. The Labute approximate surface area is 188 Å². The molecule has 4 nitrogen and oxygen atoms in total. The Bertz CT molecular complexity index is 412. The van der Waals surface area contributed by atoms with Gasteiger partial charge in [-0.1, -0.05) is 32.1 Å². The molecule has 0 aromatic carbocycles. The second-order valence-electron chi connectivity index (χ2n) is 11.9. The van der Waals surface area contributed by atoms with Crippen LogP contribution in [0.3, 0.4) is 0 Å². The Hall–Kier alpha value is 0.924. The standard InChI is InChI=1S/C20H52O4Si5/c1-21-28(11,12)19-17-15-13-14-16-18-20-29(22-25(2,3)4,23-26(5,6)7)24-27(8,9)10/h13-20H2,1-12H3. The van der Waals surface area contributed by atoms with Gasteiger partial charge in [-0.2, -0.15) is 0 Å². The molecule has 0 heterocycles. The average molecular weight is 497 g/mol. The third-order valence-corrected chi connectivity index (χ3v) is 19.2. The van der Waals surface area contributed by atoms with E-state index >= 15 is 0 Å². The molecule has 9 heteroatoms. The highest BCUT2D eigenvalue weighted by Gasteiger charge is 2.49. The summed E-state index contributed by atoms with van der Waals surface area (Å²) in [6.07, 6.45) is 7.66. The molecule has 0 aliphatic rings. The summed E-state index contributed by atoms with van der Waals surface area (Å²) in [5, 5.41) is 0. The molecule has 0 aromatic rings. The Kier molecular flexibility index (Phi) is 12.6. The van der Waals surface area contributed by atoms with Crippen LogP contribution < -0.4 is 0 Å². The molecular weight excluding hydrogens is 445 g/mol. The van der Waals surface area contributed by atoms with E-state index in [0.29, 0.717) is 0 Å². The molecule has 0 spiro atoms. The summed E-state index contributed by atoms with van der Waals surface area (Å²) >= 11 is 0. The molecule has 29 heavy (non-hydrogen) atoms. The average Bonchev–Trinajstić information content (AvgIpc) is 2.44. The maximum absolute atomic E-state index is 6.77. The van der Waals surface area contributed by atoms with Gasteiger partial charge < -0.3 is 16.8 Å². The van der Waals surface area contributed by atoms with Crippen molar-refractivity contribution < 1.29 is 16.8 Å². The fourth-order valence-corrected chi connectivity index (χ4v) is 19.4. The van der Waals surface area contributed by atoms with Gasteiger partial charge in [-0.15, -0.1) is 0 Å². The molecule has 0 radical (unpaired) electrons. The highest BCUT2D eigenvalue weighted by Crippen LogP contribution is 2.30. The van der Waals surface area contributed by atoms with E-state index in [1.165, 1.54) is 38.1 Å². The molecule has 0 saturated carbocycles. The zero-order chi connectivity index (χ0) is 23.0. The van der Waals surface area contributed by atoms with Crippen molar-refractivity contribution in [3.63, 3.8) is 0 Å². The van der Waals surface area contributed by atoms with Crippen molar-refractivity contribution in [2.45, 2.75) is 123 Å². The van der Waals surface area contributed by atoms with Gasteiger partial charge in [0.15, 0.2) is 33.3 Å². The highest BCUT2D eigenvalue weighted by atomic mass is 28.5. The summed E-state index contributed by atoms with van der Waals surface area (Å²) in [6, 6.07) is 2.26. The van der Waals surface area contributed by atoms with Crippen LogP contribution in [0.15, 0.2) is 0 Å². The predicted octanol–water partition coefficient (Wildman–Crippen LogP) is 7.67. The molecule has 0 bridgehead atoms. The maximum Gasteiger partial charge on any atom is 0.469 e. The van der Waals surface area contributed by atoms with E-state index in [-0.39, 0.29) is 0 Å². The summed E-state index contributed by atoms with van der Waals surface area (Å²) in [6.45, 7) is 25.0. The second kappa shape index (κ2) is 12.2. The summed E-state index contributed by atoms with van der Waals surface area (Å²) in [7, 11) is -7.40. The topological polar surface area (TPSA) is 36.9 Å². The van der Waals surface area contributed by atoms with Crippen molar-refractivity contribution >= 4 is 42.1 Å². The van der Waals surface area contributed by atoms with Crippen LogP contribution in [0.5, 0.6) is 0 Å². The van der Waals surface area contributed by atoms with Crippen molar-refractivity contribution in [3.05, 3.63) is 0 Å². The van der Waals surface area contributed by atoms with Crippen LogP contribution in [0.25, 0.3) is 0 Å². The Morgan fingerprint density at radius 3 is 1.07 bits per heavy atom. The molecule has 0 N–H and O–H groups in total. The van der Waals surface area contributed by atoms with Crippen LogP contribution in [0.4, 0.5) is 0 Å². The second-order valence-corrected chi connectivity index (χ2v) is 33.3. The monoisotopic (exact) mass is 496 g/mol. The molecule has 0 atom stereocenters. The van der Waals surface area contributed by atoms with E-state index < -0.39 is 42.1 Å². The summed E-state index contributed by atoms with van der Waals surface area (Å²) < 4.78 is 25.9. The lowest BCUT2D eigenvalue weighted by Crippen LogP contribution is -2.60. The molecule has 0 aromatic heterocycles. The van der Waals surface area contributed by atoms with Crippen molar-refractivity contribution in [1.82, 2.24) is 0 Å². The van der Waals surface area contributed by atoms with Crippen LogP contribution in [-0.2, 0) is 16.8 Å². The highest BCUT2D eigenvalue weighted by molar-refractivity contribution is 6.90. The number of hydrogen-bond donors (Lipinski definition) is 0. The minimum absolute atomic E-state index is 0.982. The lowest BCUT2D eigenvalue weighted by molar-refractivity contribution is 0.250. The molecule has 0 aliphatic carbocycles. The van der Waals surface area contributed by atoms with E-state index in [1.807, 2.05) is 7.11 Å². The number of rotatable bonds is 16. The van der Waals surface area contributed by atoms with Gasteiger partial charge in [0.2, 0.25) is 0 Å². The van der Waals surface area contributed by atoms with Gasteiger partial charge in [0.05, 0.1) is 0 Å². The first-order valence-electron chi connectivity index (χ1n) is 11.5. The van der Waals surface area contributed by atoms with E-state index in [9.17, 15) is 0 Å². The van der Waals surface area contributed by atoms with Crippen LogP contribution in [0.1, 0.15) is 38.5 Å². The minimum atomic E-state index is -2.63. The summed E-state index contributed by atoms with van der Waals surface area (Å²) in [5.74, 6) is 0. The van der Waals surface area contributed by atoms with Crippen LogP contribution in [-0.4, -0.2) is 49.2 Å². The zero-order valence-corrected chi connectivity index (χ0v) is 26.8. The van der Waals surface area contributed by atoms with E-state index in [0.717, 1.165) is 12.5 Å².